The molecule has 1 aromatic rings. The molecule has 0 N–H and O–H groups in total. The van der Waals surface area contributed by atoms with Crippen LogP contribution in [-0.4, -0.2) is 12.4 Å². The van der Waals surface area contributed by atoms with E-state index in [4.69, 9.17) is 4.74 Å². The summed E-state index contributed by atoms with van der Waals surface area (Å²) in [6.45, 7) is 8.86. The molecular weight excluding hydrogens is 212 g/mol. The zero-order chi connectivity index (χ0) is 12.8. The summed E-state index contributed by atoms with van der Waals surface area (Å²) in [5.41, 5.74) is 1.94. The van der Waals surface area contributed by atoms with Gasteiger partial charge in [-0.05, 0) is 43.0 Å². The van der Waals surface area contributed by atoms with Crippen molar-refractivity contribution in [3.05, 3.63) is 29.3 Å². The summed E-state index contributed by atoms with van der Waals surface area (Å²) in [4.78, 5) is 12.0. The average Bonchev–Trinajstić information content (AvgIpc) is 2.29. The number of hydrogen-bond acceptors (Lipinski definition) is 2. The van der Waals surface area contributed by atoms with Gasteiger partial charge in [0, 0.05) is 12.0 Å². The van der Waals surface area contributed by atoms with E-state index in [0.717, 1.165) is 23.3 Å². The Kier molecular flexibility index (Phi) is 5.20. The van der Waals surface area contributed by atoms with Crippen molar-refractivity contribution in [2.45, 2.75) is 46.5 Å². The van der Waals surface area contributed by atoms with Crippen LogP contribution in [0, 0.1) is 0 Å². The lowest BCUT2D eigenvalue weighted by Gasteiger charge is -2.14. The summed E-state index contributed by atoms with van der Waals surface area (Å²) < 4.78 is 5.48. The van der Waals surface area contributed by atoms with E-state index in [1.165, 1.54) is 0 Å². The highest BCUT2D eigenvalue weighted by atomic mass is 16.5. The van der Waals surface area contributed by atoms with Crippen molar-refractivity contribution in [1.29, 1.82) is 0 Å². The maximum Gasteiger partial charge on any atom is 0.163 e. The van der Waals surface area contributed by atoms with E-state index in [0.29, 0.717) is 18.9 Å². The molecule has 0 aliphatic heterocycles. The third-order valence-corrected chi connectivity index (χ3v) is 2.73. The van der Waals surface area contributed by atoms with Crippen molar-refractivity contribution in [3.8, 4) is 5.75 Å². The molecule has 0 fully saturated rings. The second-order valence-electron chi connectivity index (χ2n) is 4.51. The van der Waals surface area contributed by atoms with Crippen LogP contribution >= 0.6 is 0 Å². The Bertz CT molecular complexity index is 381. The third kappa shape index (κ3) is 3.58. The van der Waals surface area contributed by atoms with E-state index in [1.807, 2.05) is 32.0 Å². The van der Waals surface area contributed by atoms with E-state index >= 15 is 0 Å². The van der Waals surface area contributed by atoms with Gasteiger partial charge in [0.15, 0.2) is 5.78 Å². The zero-order valence-electron chi connectivity index (χ0n) is 11.2. The molecule has 2 heteroatoms. The zero-order valence-corrected chi connectivity index (χ0v) is 11.2. The van der Waals surface area contributed by atoms with E-state index in [9.17, 15) is 4.79 Å². The van der Waals surface area contributed by atoms with Crippen LogP contribution in [0.15, 0.2) is 18.2 Å². The predicted octanol–water partition coefficient (Wildman–Crippen LogP) is 4.19. The van der Waals surface area contributed by atoms with Crippen molar-refractivity contribution < 1.29 is 9.53 Å². The Labute approximate surface area is 104 Å². The van der Waals surface area contributed by atoms with Gasteiger partial charge in [-0.25, -0.2) is 0 Å². The summed E-state index contributed by atoms with van der Waals surface area (Å²) in [5.74, 6) is 1.43. The summed E-state index contributed by atoms with van der Waals surface area (Å²) in [5, 5.41) is 0. The summed E-state index contributed by atoms with van der Waals surface area (Å²) in [6, 6.07) is 5.79. The minimum Gasteiger partial charge on any atom is -0.494 e. The average molecular weight is 234 g/mol. The second-order valence-corrected chi connectivity index (χ2v) is 4.51. The highest BCUT2D eigenvalue weighted by Crippen LogP contribution is 2.26. The van der Waals surface area contributed by atoms with Crippen LogP contribution < -0.4 is 4.74 Å². The Morgan fingerprint density at radius 1 is 1.29 bits per heavy atom. The molecule has 0 bridgehead atoms. The number of carbonyl (C=O) groups is 1. The van der Waals surface area contributed by atoms with Crippen LogP contribution in [0.1, 0.15) is 62.4 Å². The number of carbonyl (C=O) groups excluding carboxylic acids is 1. The van der Waals surface area contributed by atoms with Crippen molar-refractivity contribution >= 4 is 5.78 Å². The smallest absolute Gasteiger partial charge is 0.163 e. The molecule has 0 unspecified atom stereocenters. The first-order chi connectivity index (χ1) is 8.10. The fourth-order valence-corrected chi connectivity index (χ4v) is 1.89. The number of benzene rings is 1. The summed E-state index contributed by atoms with van der Waals surface area (Å²) >= 11 is 0. The minimum atomic E-state index is 0.235. The number of rotatable bonds is 6. The van der Waals surface area contributed by atoms with Crippen molar-refractivity contribution in [2.75, 3.05) is 6.61 Å². The lowest BCUT2D eigenvalue weighted by molar-refractivity contribution is 0.0980. The third-order valence-electron chi connectivity index (χ3n) is 2.73. The van der Waals surface area contributed by atoms with E-state index in [-0.39, 0.29) is 5.78 Å². The van der Waals surface area contributed by atoms with Gasteiger partial charge >= 0.3 is 0 Å². The van der Waals surface area contributed by atoms with E-state index in [1.54, 1.807) is 0 Å². The largest absolute Gasteiger partial charge is 0.494 e. The van der Waals surface area contributed by atoms with Gasteiger partial charge in [-0.2, -0.15) is 0 Å². The Balaban J connectivity index is 3.08. The normalized spacial score (nSPS) is 10.6. The molecular formula is C15H22O2. The standard InChI is InChI=1S/C15H22O2/c1-5-7-15(16)13-9-8-12(17-6-2)10-14(13)11(3)4/h8-11H,5-7H2,1-4H3. The van der Waals surface area contributed by atoms with Gasteiger partial charge in [0.1, 0.15) is 5.75 Å². The van der Waals surface area contributed by atoms with Gasteiger partial charge in [0.2, 0.25) is 0 Å². The van der Waals surface area contributed by atoms with Gasteiger partial charge in [-0.15, -0.1) is 0 Å². The number of ketones is 1. The van der Waals surface area contributed by atoms with Gasteiger partial charge < -0.3 is 4.74 Å². The van der Waals surface area contributed by atoms with Crippen molar-refractivity contribution in [2.24, 2.45) is 0 Å². The lowest BCUT2D eigenvalue weighted by atomic mass is 9.93. The summed E-state index contributed by atoms with van der Waals surface area (Å²) in [6.07, 6.45) is 1.51. The molecule has 0 saturated heterocycles. The van der Waals surface area contributed by atoms with E-state index in [2.05, 4.69) is 13.8 Å². The molecule has 0 aliphatic rings. The fraction of sp³-hybridized carbons (Fsp3) is 0.533. The van der Waals surface area contributed by atoms with Gasteiger partial charge in [-0.3, -0.25) is 4.79 Å². The SMILES string of the molecule is CCCC(=O)c1ccc(OCC)cc1C(C)C. The minimum absolute atomic E-state index is 0.235. The number of hydrogen-bond donors (Lipinski definition) is 0. The van der Waals surface area contributed by atoms with Crippen LogP contribution in [0.25, 0.3) is 0 Å². The molecule has 0 atom stereocenters. The Morgan fingerprint density at radius 2 is 2.00 bits per heavy atom. The molecule has 0 heterocycles. The molecule has 0 saturated carbocycles. The quantitative estimate of drug-likeness (QED) is 0.690. The fourth-order valence-electron chi connectivity index (χ4n) is 1.89. The monoisotopic (exact) mass is 234 g/mol. The molecule has 2 nitrogen and oxygen atoms in total. The molecule has 0 amide bonds. The predicted molar refractivity (Wildman–Crippen MR) is 70.9 cm³/mol. The van der Waals surface area contributed by atoms with Crippen molar-refractivity contribution in [3.63, 3.8) is 0 Å². The van der Waals surface area contributed by atoms with E-state index < -0.39 is 0 Å². The Morgan fingerprint density at radius 3 is 2.53 bits per heavy atom. The van der Waals surface area contributed by atoms with Crippen LogP contribution in [-0.2, 0) is 0 Å². The molecule has 1 rings (SSSR count). The van der Waals surface area contributed by atoms with Crippen LogP contribution in [0.5, 0.6) is 5.75 Å². The molecule has 94 valence electrons. The highest BCUT2D eigenvalue weighted by Gasteiger charge is 2.14. The number of ether oxygens (including phenoxy) is 1. The maximum absolute atomic E-state index is 12.0. The van der Waals surface area contributed by atoms with Crippen LogP contribution in [0.2, 0.25) is 0 Å². The molecule has 17 heavy (non-hydrogen) atoms. The molecule has 0 spiro atoms. The molecule has 0 aromatic heterocycles. The highest BCUT2D eigenvalue weighted by molar-refractivity contribution is 5.97. The first-order valence-electron chi connectivity index (χ1n) is 6.40. The van der Waals surface area contributed by atoms with Gasteiger partial charge in [-0.1, -0.05) is 20.8 Å². The maximum atomic E-state index is 12.0. The Hall–Kier alpha value is -1.31. The lowest BCUT2D eigenvalue weighted by Crippen LogP contribution is -2.05. The summed E-state index contributed by atoms with van der Waals surface area (Å²) in [7, 11) is 0. The van der Waals surface area contributed by atoms with Crippen molar-refractivity contribution in [1.82, 2.24) is 0 Å². The van der Waals surface area contributed by atoms with Gasteiger partial charge in [0.25, 0.3) is 0 Å². The van der Waals surface area contributed by atoms with Crippen LogP contribution in [0.4, 0.5) is 0 Å². The van der Waals surface area contributed by atoms with Crippen LogP contribution in [0.3, 0.4) is 0 Å². The first-order valence-corrected chi connectivity index (χ1v) is 6.40. The first kappa shape index (κ1) is 13.8. The molecule has 0 aliphatic carbocycles. The number of Topliss-reactive ketones (excluding diaryl/α,β-unsaturated/α-hetero) is 1. The molecule has 0 radical (unpaired) electrons. The van der Waals surface area contributed by atoms with Gasteiger partial charge in [0.05, 0.1) is 6.61 Å². The molecule has 1 aromatic carbocycles. The second kappa shape index (κ2) is 6.43. The topological polar surface area (TPSA) is 26.3 Å².